The van der Waals surface area contributed by atoms with E-state index >= 15 is 0 Å². The molecule has 3 fully saturated rings. The first kappa shape index (κ1) is 23.1. The molecule has 4 rings (SSSR count). The molecule has 3 saturated carbocycles. The van der Waals surface area contributed by atoms with Crippen molar-refractivity contribution >= 4 is 0 Å². The Kier molecular flexibility index (Phi) is 7.93. The molecule has 4 atom stereocenters. The fraction of sp³-hybridized carbons (Fsp3) is 0.786. The van der Waals surface area contributed by atoms with Gasteiger partial charge >= 0.3 is 0 Å². The molecule has 0 aromatic heterocycles. The minimum atomic E-state index is -0.809. The number of benzene rings is 1. The van der Waals surface area contributed by atoms with Crippen LogP contribution in [0.5, 0.6) is 5.75 Å². The number of rotatable bonds is 9. The average Bonchev–Trinajstić information content (AvgIpc) is 3.38. The molecule has 1 nitrogen and oxygen atoms in total. The zero-order chi connectivity index (χ0) is 21.8. The second kappa shape index (κ2) is 10.7. The van der Waals surface area contributed by atoms with Crippen molar-refractivity contribution in [3.8, 4) is 5.75 Å². The summed E-state index contributed by atoms with van der Waals surface area (Å²) in [5.74, 6) is 3.35. The van der Waals surface area contributed by atoms with Gasteiger partial charge in [0.1, 0.15) is 0 Å². The van der Waals surface area contributed by atoms with Gasteiger partial charge < -0.3 is 4.74 Å². The van der Waals surface area contributed by atoms with Gasteiger partial charge in [0.05, 0.1) is 6.61 Å². The number of hydrogen-bond donors (Lipinski definition) is 0. The number of fused-ring (bicyclic) bond motifs is 1. The lowest BCUT2D eigenvalue weighted by atomic mass is 9.70. The summed E-state index contributed by atoms with van der Waals surface area (Å²) in [6.07, 6.45) is 17.2. The SMILES string of the molecule is CCCCCCC1CCC2C(C3CCC(c4ccc(OCC)c(F)c4F)CC3)CCC12. The molecule has 0 aliphatic heterocycles. The van der Waals surface area contributed by atoms with Crippen molar-refractivity contribution < 1.29 is 13.5 Å². The minimum Gasteiger partial charge on any atom is -0.491 e. The molecule has 0 N–H and O–H groups in total. The number of halogens is 2. The Labute approximate surface area is 188 Å². The van der Waals surface area contributed by atoms with Gasteiger partial charge in [-0.15, -0.1) is 0 Å². The Morgan fingerprint density at radius 2 is 1.52 bits per heavy atom. The van der Waals surface area contributed by atoms with E-state index in [0.717, 1.165) is 42.4 Å². The Hall–Kier alpha value is -1.12. The molecular weight excluding hydrogens is 390 g/mol. The van der Waals surface area contributed by atoms with Crippen molar-refractivity contribution in [1.29, 1.82) is 0 Å². The maximum atomic E-state index is 14.7. The van der Waals surface area contributed by atoms with Crippen LogP contribution in [-0.2, 0) is 0 Å². The maximum Gasteiger partial charge on any atom is 0.200 e. The van der Waals surface area contributed by atoms with Gasteiger partial charge in [0, 0.05) is 0 Å². The monoisotopic (exact) mass is 432 g/mol. The summed E-state index contributed by atoms with van der Waals surface area (Å²) in [5.41, 5.74) is 0.566. The molecule has 0 bridgehead atoms. The zero-order valence-electron chi connectivity index (χ0n) is 19.7. The standard InChI is InChI=1S/C28H42F2O/c1-3-5-6-7-8-19-13-14-25-22(19)15-16-23(25)20-9-11-21(12-10-20)24-17-18-26(31-4-2)28(30)27(24)29/h17-23,25H,3-16H2,1-2H3. The van der Waals surface area contributed by atoms with Crippen LogP contribution >= 0.6 is 0 Å². The van der Waals surface area contributed by atoms with Crippen molar-refractivity contribution in [2.24, 2.45) is 29.6 Å². The summed E-state index contributed by atoms with van der Waals surface area (Å²) in [6, 6.07) is 3.38. The fourth-order valence-electron chi connectivity index (χ4n) is 7.53. The molecule has 3 aliphatic carbocycles. The lowest BCUT2D eigenvalue weighted by Crippen LogP contribution is -2.25. The third kappa shape index (κ3) is 4.96. The van der Waals surface area contributed by atoms with Crippen LogP contribution in [0.1, 0.15) is 109 Å². The minimum absolute atomic E-state index is 0.0416. The molecule has 0 heterocycles. The summed E-state index contributed by atoms with van der Waals surface area (Å²) >= 11 is 0. The van der Waals surface area contributed by atoms with Crippen LogP contribution in [0.4, 0.5) is 8.78 Å². The van der Waals surface area contributed by atoms with Crippen LogP contribution in [0.15, 0.2) is 12.1 Å². The summed E-state index contributed by atoms with van der Waals surface area (Å²) < 4.78 is 34.2. The van der Waals surface area contributed by atoms with Crippen molar-refractivity contribution in [3.05, 3.63) is 29.3 Å². The molecule has 1 aromatic carbocycles. The van der Waals surface area contributed by atoms with Crippen molar-refractivity contribution in [2.75, 3.05) is 6.61 Å². The van der Waals surface area contributed by atoms with E-state index in [4.69, 9.17) is 4.74 Å². The summed E-state index contributed by atoms with van der Waals surface area (Å²) in [6.45, 7) is 4.44. The molecule has 174 valence electrons. The summed E-state index contributed by atoms with van der Waals surface area (Å²) in [7, 11) is 0. The van der Waals surface area contributed by atoms with E-state index in [2.05, 4.69) is 6.92 Å². The number of hydrogen-bond acceptors (Lipinski definition) is 1. The van der Waals surface area contributed by atoms with Crippen molar-refractivity contribution in [1.82, 2.24) is 0 Å². The predicted molar refractivity (Wildman–Crippen MR) is 123 cm³/mol. The van der Waals surface area contributed by atoms with Crippen LogP contribution < -0.4 is 4.74 Å². The summed E-state index contributed by atoms with van der Waals surface area (Å²) in [5, 5.41) is 0. The van der Waals surface area contributed by atoms with Gasteiger partial charge in [-0.2, -0.15) is 4.39 Å². The quantitative estimate of drug-likeness (QED) is 0.355. The molecule has 0 amide bonds. The Morgan fingerprint density at radius 1 is 0.774 bits per heavy atom. The van der Waals surface area contributed by atoms with Gasteiger partial charge in [-0.3, -0.25) is 0 Å². The highest BCUT2D eigenvalue weighted by Crippen LogP contribution is 2.56. The number of unbranched alkanes of at least 4 members (excludes halogenated alkanes) is 3. The van der Waals surface area contributed by atoms with Crippen LogP contribution in [0.2, 0.25) is 0 Å². The first-order valence-electron chi connectivity index (χ1n) is 13.2. The fourth-order valence-corrected chi connectivity index (χ4v) is 7.53. The lowest BCUT2D eigenvalue weighted by molar-refractivity contribution is 0.177. The average molecular weight is 433 g/mol. The molecule has 3 heteroatoms. The Bertz CT molecular complexity index is 709. The molecule has 3 aliphatic rings. The largest absolute Gasteiger partial charge is 0.491 e. The van der Waals surface area contributed by atoms with E-state index in [1.54, 1.807) is 19.1 Å². The molecule has 0 radical (unpaired) electrons. The smallest absolute Gasteiger partial charge is 0.200 e. The topological polar surface area (TPSA) is 9.23 Å². The van der Waals surface area contributed by atoms with E-state index in [9.17, 15) is 8.78 Å². The van der Waals surface area contributed by atoms with E-state index in [0.29, 0.717) is 12.2 Å². The van der Waals surface area contributed by atoms with Crippen LogP contribution in [-0.4, -0.2) is 6.61 Å². The lowest BCUT2D eigenvalue weighted by Gasteiger charge is -2.35. The molecule has 31 heavy (non-hydrogen) atoms. The number of ether oxygens (including phenoxy) is 1. The van der Waals surface area contributed by atoms with Crippen LogP contribution in [0.25, 0.3) is 0 Å². The molecule has 0 saturated heterocycles. The molecular formula is C28H42F2O. The van der Waals surface area contributed by atoms with E-state index < -0.39 is 11.6 Å². The van der Waals surface area contributed by atoms with Gasteiger partial charge in [-0.25, -0.2) is 4.39 Å². The third-order valence-corrected chi connectivity index (χ3v) is 9.03. The molecule has 1 aromatic rings. The van der Waals surface area contributed by atoms with Gasteiger partial charge in [0.15, 0.2) is 11.6 Å². The van der Waals surface area contributed by atoms with Gasteiger partial charge in [-0.1, -0.05) is 45.1 Å². The van der Waals surface area contributed by atoms with Crippen LogP contribution in [0, 0.1) is 41.2 Å². The second-order valence-corrected chi connectivity index (χ2v) is 10.6. The second-order valence-electron chi connectivity index (χ2n) is 10.6. The van der Waals surface area contributed by atoms with Crippen LogP contribution in [0.3, 0.4) is 0 Å². The van der Waals surface area contributed by atoms with Gasteiger partial charge in [0.2, 0.25) is 5.82 Å². The van der Waals surface area contributed by atoms with Gasteiger partial charge in [0.25, 0.3) is 0 Å². The van der Waals surface area contributed by atoms with Crippen molar-refractivity contribution in [3.63, 3.8) is 0 Å². The Morgan fingerprint density at radius 3 is 2.26 bits per heavy atom. The van der Waals surface area contributed by atoms with Crippen molar-refractivity contribution in [2.45, 2.75) is 103 Å². The molecule has 4 unspecified atom stereocenters. The van der Waals surface area contributed by atoms with Gasteiger partial charge in [-0.05, 0) is 105 Å². The highest BCUT2D eigenvalue weighted by atomic mass is 19.2. The maximum absolute atomic E-state index is 14.7. The third-order valence-electron chi connectivity index (χ3n) is 9.03. The Balaban J connectivity index is 1.30. The first-order chi connectivity index (χ1) is 15.1. The van der Waals surface area contributed by atoms with E-state index in [1.807, 2.05) is 0 Å². The van der Waals surface area contributed by atoms with E-state index in [1.165, 1.54) is 70.6 Å². The summed E-state index contributed by atoms with van der Waals surface area (Å²) in [4.78, 5) is 0. The highest BCUT2D eigenvalue weighted by Gasteiger charge is 2.47. The van der Waals surface area contributed by atoms with E-state index in [-0.39, 0.29) is 11.7 Å². The zero-order valence-corrected chi connectivity index (χ0v) is 19.7. The normalized spacial score (nSPS) is 32.9. The molecule has 0 spiro atoms. The predicted octanol–water partition coefficient (Wildman–Crippen LogP) is 8.66. The first-order valence-corrected chi connectivity index (χ1v) is 13.2. The highest BCUT2D eigenvalue weighted by molar-refractivity contribution is 5.33.